The van der Waals surface area contributed by atoms with Gasteiger partial charge in [-0.05, 0) is 76.2 Å². The molecule has 5 nitrogen and oxygen atoms in total. The van der Waals surface area contributed by atoms with Gasteiger partial charge in [0.15, 0.2) is 5.60 Å². The number of rotatable bonds is 5. The van der Waals surface area contributed by atoms with E-state index in [2.05, 4.69) is 127 Å². The smallest absolute Gasteiger partial charge is 0.178 e. The molecule has 0 amide bonds. The van der Waals surface area contributed by atoms with Crippen molar-refractivity contribution in [2.24, 2.45) is 0 Å². The third-order valence-corrected chi connectivity index (χ3v) is 10.0. The fourth-order valence-corrected chi connectivity index (χ4v) is 7.70. The van der Waals surface area contributed by atoms with Gasteiger partial charge in [-0.15, -0.1) is 0 Å². The van der Waals surface area contributed by atoms with Crippen molar-refractivity contribution in [1.29, 1.82) is 0 Å². The molecule has 1 aliphatic carbocycles. The molecule has 8 rings (SSSR count). The van der Waals surface area contributed by atoms with Crippen LogP contribution in [0.25, 0.3) is 28.0 Å². The number of nitrogens with one attached hydrogen (secondary N) is 1. The van der Waals surface area contributed by atoms with Crippen molar-refractivity contribution < 1.29 is 14.2 Å². The van der Waals surface area contributed by atoms with Crippen LogP contribution < -0.4 is 24.4 Å². The minimum Gasteiger partial charge on any atom is -0.497 e. The van der Waals surface area contributed by atoms with E-state index >= 15 is 0 Å². The zero-order valence-electron chi connectivity index (χ0n) is 26.3. The lowest BCUT2D eigenvalue weighted by Gasteiger charge is -2.38. The maximum Gasteiger partial charge on any atom is 0.178 e. The van der Waals surface area contributed by atoms with Crippen molar-refractivity contribution in [3.05, 3.63) is 125 Å². The Morgan fingerprint density at radius 2 is 1.44 bits per heavy atom. The van der Waals surface area contributed by atoms with Gasteiger partial charge in [-0.2, -0.15) is 0 Å². The van der Waals surface area contributed by atoms with E-state index in [-0.39, 0.29) is 5.41 Å². The Morgan fingerprint density at radius 1 is 0.756 bits per heavy atom. The first kappa shape index (κ1) is 27.8. The second kappa shape index (κ2) is 10.4. The minimum absolute atomic E-state index is 0.261. The van der Waals surface area contributed by atoms with E-state index in [4.69, 9.17) is 14.2 Å². The summed E-state index contributed by atoms with van der Waals surface area (Å²) >= 11 is 0. The van der Waals surface area contributed by atoms with Gasteiger partial charge in [-0.25, -0.2) is 0 Å². The highest BCUT2D eigenvalue weighted by Gasteiger charge is 2.44. The molecule has 2 heterocycles. The number of hydrogen-bond acceptors (Lipinski definition) is 5. The number of piperazine rings is 1. The molecule has 1 saturated heterocycles. The summed E-state index contributed by atoms with van der Waals surface area (Å²) < 4.78 is 18.9. The lowest BCUT2D eigenvalue weighted by molar-refractivity contribution is 0.163. The van der Waals surface area contributed by atoms with Gasteiger partial charge in [0, 0.05) is 59.4 Å². The summed E-state index contributed by atoms with van der Waals surface area (Å²) in [5, 5.41) is 5.66. The Balaban J connectivity index is 1.36. The predicted molar refractivity (Wildman–Crippen MR) is 183 cm³/mol. The Bertz CT molecular complexity index is 1960. The lowest BCUT2D eigenvalue weighted by Crippen LogP contribution is -2.43. The van der Waals surface area contributed by atoms with Gasteiger partial charge in [-0.3, -0.25) is 0 Å². The van der Waals surface area contributed by atoms with Crippen LogP contribution in [0.3, 0.4) is 0 Å². The van der Waals surface area contributed by atoms with E-state index in [0.717, 1.165) is 70.9 Å². The molecule has 5 heteroatoms. The number of ether oxygens (including phenoxy) is 3. The van der Waals surface area contributed by atoms with Crippen LogP contribution >= 0.6 is 0 Å². The minimum atomic E-state index is -0.806. The van der Waals surface area contributed by atoms with E-state index in [1.807, 2.05) is 0 Å². The fraction of sp³-hybridized carbons (Fsp3) is 0.250. The summed E-state index contributed by atoms with van der Waals surface area (Å²) in [7, 11) is 3.46. The van der Waals surface area contributed by atoms with Crippen LogP contribution in [-0.4, -0.2) is 40.4 Å². The molecule has 0 aromatic heterocycles. The molecular weight excluding hydrogens is 556 g/mol. The van der Waals surface area contributed by atoms with Crippen molar-refractivity contribution in [3.63, 3.8) is 0 Å². The molecule has 0 spiro atoms. The third kappa shape index (κ3) is 4.17. The summed E-state index contributed by atoms with van der Waals surface area (Å²) in [6.45, 7) is 8.66. The summed E-state index contributed by atoms with van der Waals surface area (Å²) in [4.78, 5) is 2.44. The molecule has 5 aromatic rings. The van der Waals surface area contributed by atoms with E-state index in [1.54, 1.807) is 14.2 Å². The molecule has 1 N–H and O–H groups in total. The van der Waals surface area contributed by atoms with Crippen LogP contribution in [-0.2, 0) is 11.0 Å². The summed E-state index contributed by atoms with van der Waals surface area (Å²) in [6, 6.07) is 32.4. The highest BCUT2D eigenvalue weighted by atomic mass is 16.5. The monoisotopic (exact) mass is 594 g/mol. The Morgan fingerprint density at radius 3 is 2.18 bits per heavy atom. The van der Waals surface area contributed by atoms with E-state index in [0.29, 0.717) is 0 Å². The number of nitrogens with zero attached hydrogens (tertiary/aromatic N) is 1. The van der Waals surface area contributed by atoms with Crippen LogP contribution in [0.1, 0.15) is 41.7 Å². The van der Waals surface area contributed by atoms with Gasteiger partial charge in [0.2, 0.25) is 0 Å². The van der Waals surface area contributed by atoms with Crippen LogP contribution in [0, 0.1) is 0 Å². The van der Waals surface area contributed by atoms with Gasteiger partial charge in [0.25, 0.3) is 0 Å². The zero-order valence-corrected chi connectivity index (χ0v) is 26.3. The first-order chi connectivity index (χ1) is 21.9. The van der Waals surface area contributed by atoms with Crippen LogP contribution in [0.2, 0.25) is 0 Å². The van der Waals surface area contributed by atoms with Gasteiger partial charge >= 0.3 is 0 Å². The predicted octanol–water partition coefficient (Wildman–Crippen LogP) is 7.92. The largest absolute Gasteiger partial charge is 0.497 e. The third-order valence-electron chi connectivity index (χ3n) is 10.0. The van der Waals surface area contributed by atoms with E-state index < -0.39 is 5.60 Å². The number of methoxy groups -OCH3 is 2. The summed E-state index contributed by atoms with van der Waals surface area (Å²) in [5.41, 5.74) is 8.53. The molecule has 1 fully saturated rings. The second-order valence-corrected chi connectivity index (χ2v) is 12.8. The average Bonchev–Trinajstić information content (AvgIpc) is 3.34. The topological polar surface area (TPSA) is 43.0 Å². The molecule has 2 aliphatic heterocycles. The van der Waals surface area contributed by atoms with Gasteiger partial charge in [-0.1, -0.05) is 68.5 Å². The standard InChI is InChI=1S/C40H38N2O3/c1-39(2)35-25-30(44-4)15-17-32(35)36-31-16-14-29(43-3)24-34(31)38-33(37(36)39)18-19-40(45-38,26-8-6-5-7-9-26)27-10-12-28(13-11-27)42-22-20-41-21-23-42/h5-19,24-25,41H,20-23H2,1-4H3. The van der Waals surface area contributed by atoms with Gasteiger partial charge in [0.05, 0.1) is 14.2 Å². The normalized spacial score (nSPS) is 19.4. The highest BCUT2D eigenvalue weighted by Crippen LogP contribution is 2.58. The number of hydrogen-bond donors (Lipinski definition) is 1. The average molecular weight is 595 g/mol. The van der Waals surface area contributed by atoms with Gasteiger partial charge < -0.3 is 24.4 Å². The van der Waals surface area contributed by atoms with Crippen molar-refractivity contribution in [2.75, 3.05) is 45.3 Å². The Labute approximate surface area is 265 Å². The molecular formula is C40H38N2O3. The number of anilines is 1. The fourth-order valence-electron chi connectivity index (χ4n) is 7.70. The number of fused-ring (bicyclic) bond motifs is 8. The first-order valence-electron chi connectivity index (χ1n) is 15.8. The van der Waals surface area contributed by atoms with Crippen LogP contribution in [0.5, 0.6) is 17.2 Å². The Kier molecular flexibility index (Phi) is 6.43. The van der Waals surface area contributed by atoms with Crippen LogP contribution in [0.15, 0.2) is 97.1 Å². The zero-order chi connectivity index (χ0) is 30.8. The molecule has 226 valence electrons. The quantitative estimate of drug-likeness (QED) is 0.224. The second-order valence-electron chi connectivity index (χ2n) is 12.8. The molecule has 0 saturated carbocycles. The van der Waals surface area contributed by atoms with Crippen molar-refractivity contribution in [2.45, 2.75) is 24.9 Å². The molecule has 0 radical (unpaired) electrons. The highest BCUT2D eigenvalue weighted by molar-refractivity contribution is 6.09. The molecule has 0 bridgehead atoms. The lowest BCUT2D eigenvalue weighted by atomic mass is 9.76. The van der Waals surface area contributed by atoms with Crippen LogP contribution in [0.4, 0.5) is 5.69 Å². The summed E-state index contributed by atoms with van der Waals surface area (Å²) in [5.74, 6) is 2.56. The molecule has 3 aliphatic rings. The molecule has 45 heavy (non-hydrogen) atoms. The van der Waals surface area contributed by atoms with Crippen molar-refractivity contribution in [3.8, 4) is 28.4 Å². The SMILES string of the molecule is COc1ccc2c(c1)C(C)(C)c1c3c(c4cc(OC)ccc4c1-2)OC(c1ccccc1)(c1ccc(N2CCNCC2)cc1)C=C3. The Hall–Kier alpha value is -4.74. The maximum absolute atomic E-state index is 7.46. The maximum atomic E-state index is 7.46. The van der Waals surface area contributed by atoms with Crippen molar-refractivity contribution >= 4 is 22.5 Å². The van der Waals surface area contributed by atoms with E-state index in [9.17, 15) is 0 Å². The molecule has 5 aromatic carbocycles. The molecule has 1 unspecified atom stereocenters. The molecule has 1 atom stereocenters. The first-order valence-corrected chi connectivity index (χ1v) is 15.8. The van der Waals surface area contributed by atoms with E-state index in [1.165, 1.54) is 27.9 Å². The number of benzene rings is 5. The van der Waals surface area contributed by atoms with Gasteiger partial charge in [0.1, 0.15) is 17.2 Å². The summed E-state index contributed by atoms with van der Waals surface area (Å²) in [6.07, 6.45) is 4.56. The van der Waals surface area contributed by atoms with Crippen molar-refractivity contribution in [1.82, 2.24) is 5.32 Å².